The summed E-state index contributed by atoms with van der Waals surface area (Å²) in [7, 11) is 0. The third-order valence-corrected chi connectivity index (χ3v) is 4.40. The van der Waals surface area contributed by atoms with Gasteiger partial charge in [-0.05, 0) is 48.0 Å². The zero-order valence-corrected chi connectivity index (χ0v) is 14.6. The van der Waals surface area contributed by atoms with Gasteiger partial charge in [-0.1, -0.05) is 48.0 Å². The Morgan fingerprint density at radius 1 is 0.885 bits per heavy atom. The highest BCUT2D eigenvalue weighted by molar-refractivity contribution is 6.31. The predicted octanol–water partition coefficient (Wildman–Crippen LogP) is 5.84. The Balaban J connectivity index is 1.49. The normalized spacial score (nSPS) is 10.8. The standard InChI is InChI=1S/C22H16ClNO2/c23-17-8-12-22(25)20(13-17)15-6-10-19(11-7-15)26-14-18-9-5-16-3-1-2-4-21(16)24-18/h1-13,25H,14H2. The molecule has 0 aliphatic heterocycles. The van der Waals surface area contributed by atoms with Crippen LogP contribution in [0.1, 0.15) is 5.69 Å². The Morgan fingerprint density at radius 2 is 1.69 bits per heavy atom. The number of pyridine rings is 1. The molecule has 26 heavy (non-hydrogen) atoms. The smallest absolute Gasteiger partial charge is 0.130 e. The lowest BCUT2D eigenvalue weighted by Crippen LogP contribution is -1.98. The van der Waals surface area contributed by atoms with Gasteiger partial charge < -0.3 is 9.84 Å². The molecule has 0 radical (unpaired) electrons. The molecule has 1 N–H and O–H groups in total. The van der Waals surface area contributed by atoms with E-state index >= 15 is 0 Å². The van der Waals surface area contributed by atoms with E-state index < -0.39 is 0 Å². The predicted molar refractivity (Wildman–Crippen MR) is 105 cm³/mol. The van der Waals surface area contributed by atoms with Gasteiger partial charge in [0.2, 0.25) is 0 Å². The molecule has 3 nitrogen and oxygen atoms in total. The lowest BCUT2D eigenvalue weighted by Gasteiger charge is -2.09. The number of fused-ring (bicyclic) bond motifs is 1. The first kappa shape index (κ1) is 16.4. The van der Waals surface area contributed by atoms with Crippen molar-refractivity contribution in [3.63, 3.8) is 0 Å². The first-order valence-electron chi connectivity index (χ1n) is 8.25. The van der Waals surface area contributed by atoms with Crippen LogP contribution < -0.4 is 4.74 Å². The number of benzene rings is 3. The molecule has 3 aromatic carbocycles. The van der Waals surface area contributed by atoms with Crippen LogP contribution in [-0.4, -0.2) is 10.1 Å². The van der Waals surface area contributed by atoms with Crippen LogP contribution in [0.3, 0.4) is 0 Å². The van der Waals surface area contributed by atoms with Gasteiger partial charge in [-0.3, -0.25) is 0 Å². The monoisotopic (exact) mass is 361 g/mol. The van der Waals surface area contributed by atoms with Gasteiger partial charge in [0.15, 0.2) is 0 Å². The van der Waals surface area contributed by atoms with Gasteiger partial charge in [-0.25, -0.2) is 4.98 Å². The molecule has 0 amide bonds. The van der Waals surface area contributed by atoms with Gasteiger partial charge in [-0.2, -0.15) is 0 Å². The molecule has 0 bridgehead atoms. The van der Waals surface area contributed by atoms with Crippen LogP contribution in [0.2, 0.25) is 5.02 Å². The van der Waals surface area contributed by atoms with Crippen LogP contribution in [0.5, 0.6) is 11.5 Å². The summed E-state index contributed by atoms with van der Waals surface area (Å²) in [4.78, 5) is 4.60. The summed E-state index contributed by atoms with van der Waals surface area (Å²) in [6.07, 6.45) is 0. The van der Waals surface area contributed by atoms with Crippen molar-refractivity contribution >= 4 is 22.5 Å². The third kappa shape index (κ3) is 3.48. The second-order valence-corrected chi connectivity index (χ2v) is 6.41. The van der Waals surface area contributed by atoms with Gasteiger partial charge in [0.05, 0.1) is 11.2 Å². The lowest BCUT2D eigenvalue weighted by molar-refractivity contribution is 0.302. The lowest BCUT2D eigenvalue weighted by atomic mass is 10.0. The van der Waals surface area contributed by atoms with Crippen LogP contribution in [0, 0.1) is 0 Å². The van der Waals surface area contributed by atoms with Gasteiger partial charge in [0, 0.05) is 16.0 Å². The molecular weight excluding hydrogens is 346 g/mol. The fourth-order valence-electron chi connectivity index (χ4n) is 2.82. The van der Waals surface area contributed by atoms with Gasteiger partial charge >= 0.3 is 0 Å². The molecule has 4 aromatic rings. The quantitative estimate of drug-likeness (QED) is 0.496. The summed E-state index contributed by atoms with van der Waals surface area (Å²) < 4.78 is 5.83. The largest absolute Gasteiger partial charge is 0.507 e. The maximum atomic E-state index is 10.00. The maximum absolute atomic E-state index is 10.00. The van der Waals surface area contributed by atoms with Crippen molar-refractivity contribution in [2.75, 3.05) is 0 Å². The van der Waals surface area contributed by atoms with E-state index in [4.69, 9.17) is 16.3 Å². The number of hydrogen-bond donors (Lipinski definition) is 1. The molecule has 0 aliphatic rings. The fourth-order valence-corrected chi connectivity index (χ4v) is 2.99. The highest BCUT2D eigenvalue weighted by atomic mass is 35.5. The van der Waals surface area contributed by atoms with Crippen LogP contribution in [-0.2, 0) is 6.61 Å². The fraction of sp³-hybridized carbons (Fsp3) is 0.0455. The summed E-state index contributed by atoms with van der Waals surface area (Å²) in [5.74, 6) is 0.939. The Kier molecular flexibility index (Phi) is 4.46. The topological polar surface area (TPSA) is 42.4 Å². The van der Waals surface area contributed by atoms with Gasteiger partial charge in [0.1, 0.15) is 18.1 Å². The van der Waals surface area contributed by atoms with Crippen molar-refractivity contribution in [3.05, 3.63) is 89.6 Å². The summed E-state index contributed by atoms with van der Waals surface area (Å²) in [6, 6.07) is 24.6. The molecule has 128 valence electrons. The summed E-state index contributed by atoms with van der Waals surface area (Å²) in [5, 5.41) is 11.7. The zero-order valence-electron chi connectivity index (χ0n) is 13.9. The number of nitrogens with zero attached hydrogens (tertiary/aromatic N) is 1. The average molecular weight is 362 g/mol. The van der Waals surface area contributed by atoms with E-state index in [0.29, 0.717) is 17.2 Å². The molecular formula is C22H16ClNO2. The molecule has 0 saturated carbocycles. The summed E-state index contributed by atoms with van der Waals surface area (Å²) in [5.41, 5.74) is 3.40. The average Bonchev–Trinajstić information content (AvgIpc) is 2.68. The minimum absolute atomic E-state index is 0.198. The molecule has 0 saturated heterocycles. The molecule has 0 unspecified atom stereocenters. The van der Waals surface area contributed by atoms with E-state index in [0.717, 1.165) is 27.9 Å². The van der Waals surface area contributed by atoms with Crippen molar-refractivity contribution in [2.45, 2.75) is 6.61 Å². The maximum Gasteiger partial charge on any atom is 0.130 e. The number of ether oxygens (including phenoxy) is 1. The number of aromatic nitrogens is 1. The molecule has 0 fully saturated rings. The van der Waals surface area contributed by atoms with Crippen LogP contribution in [0.25, 0.3) is 22.0 Å². The molecule has 1 aromatic heterocycles. The van der Waals surface area contributed by atoms with Gasteiger partial charge in [-0.15, -0.1) is 0 Å². The van der Waals surface area contributed by atoms with Crippen LogP contribution in [0.4, 0.5) is 0 Å². The number of para-hydroxylation sites is 1. The van der Waals surface area contributed by atoms with Crippen molar-refractivity contribution in [1.82, 2.24) is 4.98 Å². The molecule has 4 heteroatoms. The minimum atomic E-state index is 0.198. The number of phenols is 1. The summed E-state index contributed by atoms with van der Waals surface area (Å²) >= 11 is 6.01. The van der Waals surface area contributed by atoms with E-state index in [1.54, 1.807) is 18.2 Å². The molecule has 0 atom stereocenters. The summed E-state index contributed by atoms with van der Waals surface area (Å²) in [6.45, 7) is 0.395. The molecule has 0 spiro atoms. The molecule has 0 aliphatic carbocycles. The third-order valence-electron chi connectivity index (χ3n) is 4.17. The van der Waals surface area contributed by atoms with Gasteiger partial charge in [0.25, 0.3) is 0 Å². The van der Waals surface area contributed by atoms with E-state index in [1.807, 2.05) is 60.7 Å². The molecule has 1 heterocycles. The first-order valence-corrected chi connectivity index (χ1v) is 8.63. The Hall–Kier alpha value is -3.04. The number of phenolic OH excluding ortho intramolecular Hbond substituents is 1. The van der Waals surface area contributed by atoms with Crippen LogP contribution >= 0.6 is 11.6 Å². The van der Waals surface area contributed by atoms with E-state index in [9.17, 15) is 5.11 Å². The second kappa shape index (κ2) is 7.06. The SMILES string of the molecule is Oc1ccc(Cl)cc1-c1ccc(OCc2ccc3ccccc3n2)cc1. The zero-order chi connectivity index (χ0) is 17.9. The number of aromatic hydroxyl groups is 1. The van der Waals surface area contributed by atoms with Crippen molar-refractivity contribution < 1.29 is 9.84 Å². The Labute approximate surface area is 156 Å². The van der Waals surface area contributed by atoms with E-state index in [1.165, 1.54) is 0 Å². The second-order valence-electron chi connectivity index (χ2n) is 5.97. The van der Waals surface area contributed by atoms with E-state index in [2.05, 4.69) is 4.98 Å². The Morgan fingerprint density at radius 3 is 2.54 bits per heavy atom. The van der Waals surface area contributed by atoms with Crippen molar-refractivity contribution in [2.24, 2.45) is 0 Å². The minimum Gasteiger partial charge on any atom is -0.507 e. The Bertz CT molecular complexity index is 1060. The van der Waals surface area contributed by atoms with Crippen molar-refractivity contribution in [3.8, 4) is 22.6 Å². The highest BCUT2D eigenvalue weighted by Gasteiger charge is 2.06. The molecule has 4 rings (SSSR count). The highest BCUT2D eigenvalue weighted by Crippen LogP contribution is 2.32. The number of rotatable bonds is 4. The van der Waals surface area contributed by atoms with E-state index in [-0.39, 0.29) is 5.75 Å². The number of hydrogen-bond acceptors (Lipinski definition) is 3. The van der Waals surface area contributed by atoms with Crippen molar-refractivity contribution in [1.29, 1.82) is 0 Å². The van der Waals surface area contributed by atoms with Crippen LogP contribution in [0.15, 0.2) is 78.9 Å². The first-order chi connectivity index (χ1) is 12.7. The number of halogens is 1.